The molecule has 0 atom stereocenters. The van der Waals surface area contributed by atoms with Crippen molar-refractivity contribution < 1.29 is 14.3 Å². The van der Waals surface area contributed by atoms with E-state index < -0.39 is 0 Å². The number of carbonyl (C=O) groups excluding carboxylic acids is 1. The van der Waals surface area contributed by atoms with E-state index >= 15 is 0 Å². The topological polar surface area (TPSA) is 130 Å². The zero-order valence-corrected chi connectivity index (χ0v) is 17.2. The highest BCUT2D eigenvalue weighted by atomic mass is 35.5. The summed E-state index contributed by atoms with van der Waals surface area (Å²) < 4.78 is 9.35. The van der Waals surface area contributed by atoms with E-state index in [0.29, 0.717) is 21.7 Å². The van der Waals surface area contributed by atoms with Crippen LogP contribution in [0.2, 0.25) is 5.02 Å². The molecule has 0 aliphatic rings. The number of hydrogen-bond donors (Lipinski definition) is 3. The van der Waals surface area contributed by atoms with Crippen molar-refractivity contribution in [1.82, 2.24) is 24.5 Å². The van der Waals surface area contributed by atoms with Gasteiger partial charge in [0.2, 0.25) is 10.9 Å². The number of carbonyl (C=O) groups is 1. The first-order chi connectivity index (χ1) is 15.1. The van der Waals surface area contributed by atoms with Gasteiger partial charge in [-0.1, -0.05) is 29.8 Å². The predicted octanol–water partition coefficient (Wildman–Crippen LogP) is 4.60. The van der Waals surface area contributed by atoms with Gasteiger partial charge in [-0.25, -0.2) is 0 Å². The second-order valence-corrected chi connectivity index (χ2v) is 7.75. The fourth-order valence-electron chi connectivity index (χ4n) is 3.06. The van der Waals surface area contributed by atoms with E-state index in [2.05, 4.69) is 29.9 Å². The Morgan fingerprint density at radius 3 is 3.00 bits per heavy atom. The molecule has 154 valence electrons. The van der Waals surface area contributed by atoms with Crippen molar-refractivity contribution in [3.8, 4) is 17.3 Å². The molecule has 9 nitrogen and oxygen atoms in total. The lowest BCUT2D eigenvalue weighted by Gasteiger charge is -2.05. The lowest BCUT2D eigenvalue weighted by atomic mass is 10.1. The summed E-state index contributed by atoms with van der Waals surface area (Å²) in [5, 5.41) is 21.2. The lowest BCUT2D eigenvalue weighted by molar-refractivity contribution is 0.0959. The molecular weight excluding hydrogens is 440 g/mol. The summed E-state index contributed by atoms with van der Waals surface area (Å²) in [5.74, 6) is -0.269. The molecule has 11 heteroatoms. The number of rotatable bonds is 6. The lowest BCUT2D eigenvalue weighted by Crippen LogP contribution is -2.04. The number of H-pyrrole nitrogens is 1. The first-order valence-electron chi connectivity index (χ1n) is 9.06. The standard InChI is InChI=1S/C20H13ClN6O3S/c21-17-12-8-22-26-13(12)4-5-14(17)23-20-25-18(27-31-20)11-3-1-2-10(6-11)7-15(28)19-24-16(29)9-30-19/h1-6,8-9,29H,7H2,(H,22,26)(H,23,25,27). The van der Waals surface area contributed by atoms with E-state index in [-0.39, 0.29) is 24.0 Å². The zero-order chi connectivity index (χ0) is 21.4. The number of anilines is 2. The third kappa shape index (κ3) is 3.86. The average molecular weight is 453 g/mol. The minimum absolute atomic E-state index is 0.0728. The van der Waals surface area contributed by atoms with Crippen molar-refractivity contribution in [2.75, 3.05) is 5.32 Å². The van der Waals surface area contributed by atoms with Gasteiger partial charge >= 0.3 is 0 Å². The fraction of sp³-hybridized carbons (Fsp3) is 0.0500. The van der Waals surface area contributed by atoms with E-state index in [4.69, 9.17) is 16.0 Å². The van der Waals surface area contributed by atoms with Crippen molar-refractivity contribution in [3.63, 3.8) is 0 Å². The summed E-state index contributed by atoms with van der Waals surface area (Å²) in [6, 6.07) is 11.1. The number of benzene rings is 2. The van der Waals surface area contributed by atoms with E-state index in [0.717, 1.165) is 28.3 Å². The maximum atomic E-state index is 12.3. The van der Waals surface area contributed by atoms with E-state index in [9.17, 15) is 9.90 Å². The van der Waals surface area contributed by atoms with E-state index in [1.165, 1.54) is 11.5 Å². The Balaban J connectivity index is 1.35. The van der Waals surface area contributed by atoms with E-state index in [1.807, 2.05) is 36.4 Å². The summed E-state index contributed by atoms with van der Waals surface area (Å²) in [5.41, 5.74) is 3.06. The number of aromatic amines is 1. The van der Waals surface area contributed by atoms with Gasteiger partial charge in [-0.15, -0.1) is 0 Å². The molecule has 31 heavy (non-hydrogen) atoms. The Bertz CT molecular complexity index is 1410. The summed E-state index contributed by atoms with van der Waals surface area (Å²) in [6.07, 6.45) is 2.76. The highest BCUT2D eigenvalue weighted by molar-refractivity contribution is 7.10. The Morgan fingerprint density at radius 1 is 1.26 bits per heavy atom. The first kappa shape index (κ1) is 19.2. The maximum Gasteiger partial charge on any atom is 0.266 e. The van der Waals surface area contributed by atoms with Gasteiger partial charge in [0.25, 0.3) is 11.8 Å². The SMILES string of the molecule is O=C(Cc1cccc(-c2nsc(Nc3ccc4[nH]ncc4c3Cl)n2)c1)c1nc(O)co1. The highest BCUT2D eigenvalue weighted by Crippen LogP contribution is 2.33. The molecule has 0 fully saturated rings. The van der Waals surface area contributed by atoms with Gasteiger partial charge in [-0.3, -0.25) is 9.89 Å². The van der Waals surface area contributed by atoms with Crippen LogP contribution >= 0.6 is 23.1 Å². The molecule has 3 heterocycles. The number of aromatic hydroxyl groups is 1. The Hall–Kier alpha value is -3.76. The van der Waals surface area contributed by atoms with Crippen LogP contribution in [0.15, 0.2) is 53.3 Å². The Morgan fingerprint density at radius 2 is 2.16 bits per heavy atom. The molecule has 0 aliphatic heterocycles. The monoisotopic (exact) mass is 452 g/mol. The van der Waals surface area contributed by atoms with Gasteiger partial charge in [0, 0.05) is 28.9 Å². The summed E-state index contributed by atoms with van der Waals surface area (Å²) >= 11 is 7.65. The molecule has 3 aromatic heterocycles. The molecule has 0 radical (unpaired) electrons. The van der Waals surface area contributed by atoms with Crippen LogP contribution < -0.4 is 5.32 Å². The Kier molecular flexibility index (Phi) is 4.85. The molecule has 0 amide bonds. The van der Waals surface area contributed by atoms with Crippen LogP contribution in [0.25, 0.3) is 22.3 Å². The number of oxazole rings is 1. The highest BCUT2D eigenvalue weighted by Gasteiger charge is 2.15. The van der Waals surface area contributed by atoms with E-state index in [1.54, 1.807) is 6.20 Å². The quantitative estimate of drug-likeness (QED) is 0.319. The van der Waals surface area contributed by atoms with Gasteiger partial charge < -0.3 is 14.8 Å². The number of Topliss-reactive ketones (excluding diaryl/α,β-unsaturated/α-hetero) is 1. The number of hydrogen-bond acceptors (Lipinski definition) is 9. The minimum atomic E-state index is -0.338. The van der Waals surface area contributed by atoms with Crippen LogP contribution in [0.3, 0.4) is 0 Å². The van der Waals surface area contributed by atoms with Crippen molar-refractivity contribution >= 4 is 50.6 Å². The van der Waals surface area contributed by atoms with Crippen molar-refractivity contribution in [2.45, 2.75) is 6.42 Å². The molecule has 0 bridgehead atoms. The number of ketones is 1. The predicted molar refractivity (Wildman–Crippen MR) is 116 cm³/mol. The van der Waals surface area contributed by atoms with Crippen LogP contribution in [-0.4, -0.2) is 35.4 Å². The molecule has 0 saturated carbocycles. The van der Waals surface area contributed by atoms with Crippen molar-refractivity contribution in [2.24, 2.45) is 0 Å². The fourth-order valence-corrected chi connectivity index (χ4v) is 3.92. The molecule has 0 unspecified atom stereocenters. The average Bonchev–Trinajstić information content (AvgIpc) is 3.51. The van der Waals surface area contributed by atoms with Crippen LogP contribution in [0.5, 0.6) is 5.88 Å². The number of nitrogens with one attached hydrogen (secondary N) is 2. The second-order valence-electron chi connectivity index (χ2n) is 6.62. The molecule has 5 rings (SSSR count). The van der Waals surface area contributed by atoms with Gasteiger partial charge in [-0.2, -0.15) is 19.4 Å². The van der Waals surface area contributed by atoms with Gasteiger partial charge in [-0.05, 0) is 23.8 Å². The van der Waals surface area contributed by atoms with Gasteiger partial charge in [0.1, 0.15) is 0 Å². The van der Waals surface area contributed by atoms with Crippen molar-refractivity contribution in [3.05, 3.63) is 65.3 Å². The number of halogens is 1. The van der Waals surface area contributed by atoms with Crippen LogP contribution in [-0.2, 0) is 6.42 Å². The summed E-state index contributed by atoms with van der Waals surface area (Å²) in [6.45, 7) is 0. The smallest absolute Gasteiger partial charge is 0.266 e. The zero-order valence-electron chi connectivity index (χ0n) is 15.7. The summed E-state index contributed by atoms with van der Waals surface area (Å²) in [7, 11) is 0. The van der Waals surface area contributed by atoms with Gasteiger partial charge in [0.15, 0.2) is 12.1 Å². The molecule has 0 aliphatic carbocycles. The third-order valence-electron chi connectivity index (χ3n) is 4.51. The minimum Gasteiger partial charge on any atom is -0.491 e. The molecular formula is C20H13ClN6O3S. The molecule has 0 saturated heterocycles. The summed E-state index contributed by atoms with van der Waals surface area (Å²) in [4.78, 5) is 20.4. The van der Waals surface area contributed by atoms with Gasteiger partial charge in [0.05, 0.1) is 22.4 Å². The molecule has 3 N–H and O–H groups in total. The molecule has 5 aromatic rings. The third-order valence-corrected chi connectivity index (χ3v) is 5.54. The van der Waals surface area contributed by atoms with Crippen LogP contribution in [0.1, 0.15) is 16.2 Å². The first-order valence-corrected chi connectivity index (χ1v) is 10.2. The number of fused-ring (bicyclic) bond motifs is 1. The number of nitrogens with zero attached hydrogens (tertiary/aromatic N) is 4. The normalized spacial score (nSPS) is 11.1. The van der Waals surface area contributed by atoms with Crippen molar-refractivity contribution in [1.29, 1.82) is 0 Å². The maximum absolute atomic E-state index is 12.3. The molecule has 2 aromatic carbocycles. The molecule has 0 spiro atoms. The second kappa shape index (κ2) is 7.82. The largest absolute Gasteiger partial charge is 0.491 e. The van der Waals surface area contributed by atoms with Crippen LogP contribution in [0, 0.1) is 0 Å². The Labute approximate surface area is 183 Å². The number of aromatic nitrogens is 5. The van der Waals surface area contributed by atoms with Crippen LogP contribution in [0.4, 0.5) is 10.8 Å².